The van der Waals surface area contributed by atoms with Crippen molar-refractivity contribution in [3.05, 3.63) is 151 Å². The second kappa shape index (κ2) is 11.5. The van der Waals surface area contributed by atoms with Crippen LogP contribution in [0.5, 0.6) is 0 Å². The maximum absolute atomic E-state index is 5.29. The monoisotopic (exact) mass is 620 g/mol. The fraction of sp³-hybridized carbons (Fsp3) is 0.0476. The third-order valence-electron chi connectivity index (χ3n) is 8.80. The number of thiazole rings is 1. The maximum Gasteiger partial charge on any atom is 0.164 e. The van der Waals surface area contributed by atoms with E-state index >= 15 is 0 Å². The quantitative estimate of drug-likeness (QED) is 0.180. The maximum atomic E-state index is 5.29. The van der Waals surface area contributed by atoms with Crippen molar-refractivity contribution in [2.45, 2.75) is 12.8 Å². The Hall–Kier alpha value is -5.78. The van der Waals surface area contributed by atoms with E-state index in [-0.39, 0.29) is 0 Å². The van der Waals surface area contributed by atoms with Gasteiger partial charge in [0.05, 0.1) is 10.2 Å². The zero-order valence-electron chi connectivity index (χ0n) is 25.5. The SMILES string of the molecule is C1=CCCC(c2nc(-c3ccccc3)nc(-c3cc(-c4cc5ccccc5c5ccccc45)c4nc(-c5ccccc5)sc4c3)n2)=C1. The molecule has 0 amide bonds. The molecule has 1 aliphatic carbocycles. The summed E-state index contributed by atoms with van der Waals surface area (Å²) in [6.07, 6.45) is 8.29. The molecule has 47 heavy (non-hydrogen) atoms. The smallest absolute Gasteiger partial charge is 0.164 e. The predicted molar refractivity (Wildman–Crippen MR) is 196 cm³/mol. The standard InChI is InChI=1S/C42H28N4S/c1-4-14-27(15-5-1)39-44-40(28-16-6-2-7-17-28)46-41(45-39)31-25-36(38-37(26-31)47-42(43-38)29-18-8-3-9-19-29)35-24-30-20-10-11-21-32(30)33-22-12-13-23-34(33)35/h1-6,8-16,18-26H,7,17H2. The third kappa shape index (κ3) is 5.02. The number of hydrogen-bond donors (Lipinski definition) is 0. The van der Waals surface area contributed by atoms with Crippen molar-refractivity contribution in [2.75, 3.05) is 0 Å². The zero-order valence-corrected chi connectivity index (χ0v) is 26.3. The average molecular weight is 621 g/mol. The van der Waals surface area contributed by atoms with E-state index in [9.17, 15) is 0 Å². The van der Waals surface area contributed by atoms with Gasteiger partial charge in [0.25, 0.3) is 0 Å². The molecule has 0 fully saturated rings. The van der Waals surface area contributed by atoms with Gasteiger partial charge < -0.3 is 0 Å². The Labute approximate surface area is 276 Å². The number of fused-ring (bicyclic) bond motifs is 4. The van der Waals surface area contributed by atoms with Crippen LogP contribution in [0.2, 0.25) is 0 Å². The van der Waals surface area contributed by atoms with Crippen LogP contribution in [-0.4, -0.2) is 19.9 Å². The molecule has 0 radical (unpaired) electrons. The van der Waals surface area contributed by atoms with Crippen molar-refractivity contribution in [2.24, 2.45) is 0 Å². The highest BCUT2D eigenvalue weighted by molar-refractivity contribution is 7.21. The van der Waals surface area contributed by atoms with Crippen molar-refractivity contribution in [1.82, 2.24) is 19.9 Å². The van der Waals surface area contributed by atoms with E-state index in [0.29, 0.717) is 11.6 Å². The molecule has 0 unspecified atom stereocenters. The van der Waals surface area contributed by atoms with E-state index < -0.39 is 0 Å². The van der Waals surface area contributed by atoms with Crippen molar-refractivity contribution < 1.29 is 0 Å². The first-order valence-electron chi connectivity index (χ1n) is 15.9. The van der Waals surface area contributed by atoms with Crippen LogP contribution in [0, 0.1) is 0 Å². The summed E-state index contributed by atoms with van der Waals surface area (Å²) >= 11 is 1.71. The lowest BCUT2D eigenvalue weighted by molar-refractivity contribution is 0.978. The Morgan fingerprint density at radius 3 is 1.94 bits per heavy atom. The van der Waals surface area contributed by atoms with Gasteiger partial charge in [0.15, 0.2) is 17.5 Å². The molecule has 0 spiro atoms. The predicted octanol–water partition coefficient (Wildman–Crippen LogP) is 11.2. The van der Waals surface area contributed by atoms with Crippen LogP contribution in [0.15, 0.2) is 146 Å². The van der Waals surface area contributed by atoms with E-state index in [4.69, 9.17) is 19.9 Å². The molecule has 0 bridgehead atoms. The highest BCUT2D eigenvalue weighted by Gasteiger charge is 2.20. The first kappa shape index (κ1) is 27.5. The van der Waals surface area contributed by atoms with Crippen molar-refractivity contribution >= 4 is 48.7 Å². The minimum absolute atomic E-state index is 0.659. The highest BCUT2D eigenvalue weighted by atomic mass is 32.1. The second-order valence-corrected chi connectivity index (χ2v) is 12.8. The van der Waals surface area contributed by atoms with Crippen molar-refractivity contribution in [1.29, 1.82) is 0 Å². The Balaban J connectivity index is 1.34. The number of allylic oxidation sites excluding steroid dienone is 4. The topological polar surface area (TPSA) is 51.6 Å². The van der Waals surface area contributed by atoms with E-state index in [2.05, 4.69) is 121 Å². The van der Waals surface area contributed by atoms with Gasteiger partial charge in [-0.05, 0) is 63.7 Å². The van der Waals surface area contributed by atoms with E-state index in [1.165, 1.54) is 21.5 Å². The zero-order chi connectivity index (χ0) is 31.2. The van der Waals surface area contributed by atoms with Crippen LogP contribution in [0.25, 0.3) is 81.8 Å². The molecule has 5 heteroatoms. The van der Waals surface area contributed by atoms with Crippen LogP contribution in [0.1, 0.15) is 18.7 Å². The van der Waals surface area contributed by atoms with Gasteiger partial charge in [-0.25, -0.2) is 19.9 Å². The molecule has 0 aliphatic heterocycles. The Bertz CT molecular complexity index is 2510. The molecule has 4 nitrogen and oxygen atoms in total. The van der Waals surface area contributed by atoms with Crippen molar-refractivity contribution in [3.8, 4) is 44.5 Å². The highest BCUT2D eigenvalue weighted by Crippen LogP contribution is 2.43. The fourth-order valence-corrected chi connectivity index (χ4v) is 7.54. The molecule has 0 N–H and O–H groups in total. The summed E-state index contributed by atoms with van der Waals surface area (Å²) < 4.78 is 1.09. The number of aromatic nitrogens is 4. The van der Waals surface area contributed by atoms with Crippen LogP contribution in [-0.2, 0) is 0 Å². The lowest BCUT2D eigenvalue weighted by Crippen LogP contribution is -2.04. The summed E-state index contributed by atoms with van der Waals surface area (Å²) in [5.74, 6) is 2.06. The van der Waals surface area contributed by atoms with Crippen LogP contribution in [0.3, 0.4) is 0 Å². The van der Waals surface area contributed by atoms with Gasteiger partial charge in [0.1, 0.15) is 5.01 Å². The molecule has 2 heterocycles. The average Bonchev–Trinajstić information content (AvgIpc) is 3.60. The molecule has 6 aromatic carbocycles. The molecular weight excluding hydrogens is 593 g/mol. The molecule has 8 aromatic rings. The van der Waals surface area contributed by atoms with Crippen LogP contribution < -0.4 is 0 Å². The lowest BCUT2D eigenvalue weighted by atomic mass is 9.92. The fourth-order valence-electron chi connectivity index (χ4n) is 6.50. The number of benzene rings is 6. The first-order valence-corrected chi connectivity index (χ1v) is 16.7. The van der Waals surface area contributed by atoms with Gasteiger partial charge >= 0.3 is 0 Å². The van der Waals surface area contributed by atoms with Gasteiger partial charge in [0.2, 0.25) is 0 Å². The van der Waals surface area contributed by atoms with Gasteiger partial charge in [-0.15, -0.1) is 11.3 Å². The summed E-state index contributed by atoms with van der Waals surface area (Å²) in [4.78, 5) is 20.5. The Morgan fingerprint density at radius 2 is 1.17 bits per heavy atom. The summed E-state index contributed by atoms with van der Waals surface area (Å²) in [6.45, 7) is 0. The minimum atomic E-state index is 0.659. The number of rotatable bonds is 5. The molecular formula is C42H28N4S. The van der Waals surface area contributed by atoms with E-state index in [1.54, 1.807) is 11.3 Å². The first-order chi connectivity index (χ1) is 23.3. The molecule has 222 valence electrons. The Kier molecular flexibility index (Phi) is 6.76. The van der Waals surface area contributed by atoms with Gasteiger partial charge in [-0.1, -0.05) is 127 Å². The summed E-state index contributed by atoms with van der Waals surface area (Å²) in [6, 6.07) is 44.7. The molecule has 0 atom stereocenters. The van der Waals surface area contributed by atoms with E-state index in [0.717, 1.165) is 67.3 Å². The normalized spacial score (nSPS) is 13.0. The molecule has 0 saturated carbocycles. The molecule has 0 saturated heterocycles. The second-order valence-electron chi connectivity index (χ2n) is 11.8. The minimum Gasteiger partial charge on any atom is -0.235 e. The summed E-state index contributed by atoms with van der Waals surface area (Å²) in [5, 5.41) is 5.85. The van der Waals surface area contributed by atoms with E-state index in [1.807, 2.05) is 24.3 Å². The molecule has 1 aliphatic rings. The number of nitrogens with zero attached hydrogens (tertiary/aromatic N) is 4. The summed E-state index contributed by atoms with van der Waals surface area (Å²) in [7, 11) is 0. The van der Waals surface area contributed by atoms with Gasteiger partial charge in [0, 0.05) is 22.3 Å². The van der Waals surface area contributed by atoms with Gasteiger partial charge in [-0.3, -0.25) is 0 Å². The summed E-state index contributed by atoms with van der Waals surface area (Å²) in [5.41, 5.74) is 7.34. The molecule has 2 aromatic heterocycles. The van der Waals surface area contributed by atoms with Crippen LogP contribution >= 0.6 is 11.3 Å². The third-order valence-corrected chi connectivity index (χ3v) is 9.85. The van der Waals surface area contributed by atoms with Crippen LogP contribution in [0.4, 0.5) is 0 Å². The number of hydrogen-bond acceptors (Lipinski definition) is 5. The van der Waals surface area contributed by atoms with Gasteiger partial charge in [-0.2, -0.15) is 0 Å². The largest absolute Gasteiger partial charge is 0.235 e. The Morgan fingerprint density at radius 1 is 0.511 bits per heavy atom. The lowest BCUT2D eigenvalue weighted by Gasteiger charge is -2.14. The van der Waals surface area contributed by atoms with Crippen molar-refractivity contribution in [3.63, 3.8) is 0 Å². The molecule has 9 rings (SSSR count).